The van der Waals surface area contributed by atoms with Crippen molar-refractivity contribution < 1.29 is 0 Å². The van der Waals surface area contributed by atoms with Gasteiger partial charge in [0.25, 0.3) is 0 Å². The maximum Gasteiger partial charge on any atom is 0.201 e. The Kier molecular flexibility index (Phi) is 5.53. The Morgan fingerprint density at radius 3 is 1.66 bits per heavy atom. The van der Waals surface area contributed by atoms with Crippen LogP contribution >= 0.6 is 0 Å². The summed E-state index contributed by atoms with van der Waals surface area (Å²) in [4.78, 5) is 5.35. The second kappa shape index (κ2) is 9.85. The molecule has 0 bridgehead atoms. The third-order valence-electron chi connectivity index (χ3n) is 8.76. The molecule has 6 aromatic carbocycles. The fraction of sp³-hybridized carbons (Fsp3) is 0.0250. The third kappa shape index (κ3) is 3.81. The van der Waals surface area contributed by atoms with Gasteiger partial charge in [0.05, 0.1) is 27.8 Å². The first-order valence-corrected chi connectivity index (χ1v) is 15.0. The number of fused-ring (bicyclic) bond motifs is 6. The Bertz CT molecular complexity index is 2360. The van der Waals surface area contributed by atoms with E-state index in [4.69, 9.17) is 4.99 Å². The molecule has 0 radical (unpaired) electrons. The number of aromatic nitrogens is 2. The van der Waals surface area contributed by atoms with Crippen molar-refractivity contribution in [3.05, 3.63) is 169 Å². The number of para-hydroxylation sites is 3. The highest BCUT2D eigenvalue weighted by atomic mass is 15.3. The molecule has 1 unspecified atom stereocenters. The Balaban J connectivity index is 1.30. The van der Waals surface area contributed by atoms with E-state index in [0.29, 0.717) is 0 Å². The van der Waals surface area contributed by atoms with Gasteiger partial charge >= 0.3 is 0 Å². The summed E-state index contributed by atoms with van der Waals surface area (Å²) in [6.07, 6.45) is 1.82. The highest BCUT2D eigenvalue weighted by molar-refractivity contribution is 6.14. The summed E-state index contributed by atoms with van der Waals surface area (Å²) >= 11 is 0. The van der Waals surface area contributed by atoms with Crippen LogP contribution in [0.5, 0.6) is 0 Å². The van der Waals surface area contributed by atoms with Crippen molar-refractivity contribution in [3.63, 3.8) is 0 Å². The minimum atomic E-state index is -0.346. The van der Waals surface area contributed by atoms with Crippen LogP contribution in [0, 0.1) is 0 Å². The number of hydrogen-bond donors (Lipinski definition) is 1. The molecule has 9 rings (SSSR count). The zero-order valence-corrected chi connectivity index (χ0v) is 23.9. The molecule has 1 atom stereocenters. The maximum atomic E-state index is 5.35. The van der Waals surface area contributed by atoms with Gasteiger partial charge in [0.15, 0.2) is 0 Å². The Labute approximate surface area is 254 Å². The summed E-state index contributed by atoms with van der Waals surface area (Å²) < 4.78 is 4.75. The summed E-state index contributed by atoms with van der Waals surface area (Å²) in [5.74, 6) is 0. The van der Waals surface area contributed by atoms with Crippen LogP contribution in [0.1, 0.15) is 17.4 Å². The van der Waals surface area contributed by atoms with E-state index in [-0.39, 0.29) is 6.29 Å². The Morgan fingerprint density at radius 2 is 1.00 bits per heavy atom. The number of benzene rings is 6. The van der Waals surface area contributed by atoms with Gasteiger partial charge < -0.3 is 14.5 Å². The van der Waals surface area contributed by atoms with Crippen LogP contribution in [-0.2, 0) is 0 Å². The largest absolute Gasteiger partial charge is 0.346 e. The lowest BCUT2D eigenvalue weighted by Crippen LogP contribution is -2.29. The fourth-order valence-corrected chi connectivity index (χ4v) is 6.78. The van der Waals surface area contributed by atoms with Crippen molar-refractivity contribution in [2.24, 2.45) is 4.99 Å². The topological polar surface area (TPSA) is 34.2 Å². The molecule has 4 heteroatoms. The maximum absolute atomic E-state index is 5.35. The zero-order valence-electron chi connectivity index (χ0n) is 23.9. The quantitative estimate of drug-likeness (QED) is 0.227. The molecule has 0 amide bonds. The van der Waals surface area contributed by atoms with Gasteiger partial charge in [-0.1, -0.05) is 121 Å². The summed E-state index contributed by atoms with van der Waals surface area (Å²) in [5, 5.41) is 8.73. The molecule has 0 spiro atoms. The zero-order chi connectivity index (χ0) is 29.0. The molecule has 208 valence electrons. The summed E-state index contributed by atoms with van der Waals surface area (Å²) in [5.41, 5.74) is 10.0. The number of rotatable bonds is 4. The molecule has 44 heavy (non-hydrogen) atoms. The second-order valence-corrected chi connectivity index (χ2v) is 11.3. The standard InChI is InChI=1S/C40H28N4/c1-3-13-27(14-4-1)34-26-35(28-15-5-2-6-16-28)42-40(41-34)44-38-22-12-9-19-32(38)33-24-23-29(25-39(33)44)43-36-20-10-7-17-30(36)31-18-8-11-21-37(31)43/h1-26,40-41H. The second-order valence-electron chi connectivity index (χ2n) is 11.3. The van der Waals surface area contributed by atoms with Crippen LogP contribution in [0.25, 0.3) is 55.0 Å². The van der Waals surface area contributed by atoms with Gasteiger partial charge in [-0.15, -0.1) is 0 Å². The van der Waals surface area contributed by atoms with Crippen molar-refractivity contribution in [2.45, 2.75) is 6.29 Å². The van der Waals surface area contributed by atoms with Gasteiger partial charge in [0, 0.05) is 32.9 Å². The molecule has 0 saturated heterocycles. The number of allylic oxidation sites excluding steroid dienone is 1. The average Bonchev–Trinajstić information content (AvgIpc) is 3.61. The molecule has 3 heterocycles. The first-order chi connectivity index (χ1) is 21.8. The van der Waals surface area contributed by atoms with Gasteiger partial charge in [-0.25, -0.2) is 4.99 Å². The molecule has 8 aromatic rings. The van der Waals surface area contributed by atoms with Crippen molar-refractivity contribution in [2.75, 3.05) is 0 Å². The van der Waals surface area contributed by atoms with E-state index in [1.807, 2.05) is 6.07 Å². The molecular formula is C40H28N4. The van der Waals surface area contributed by atoms with Gasteiger partial charge in [0.1, 0.15) is 0 Å². The molecule has 1 aliphatic heterocycles. The van der Waals surface area contributed by atoms with E-state index >= 15 is 0 Å². The number of hydrogen-bond acceptors (Lipinski definition) is 2. The molecule has 0 aliphatic carbocycles. The third-order valence-corrected chi connectivity index (χ3v) is 8.76. The van der Waals surface area contributed by atoms with Crippen molar-refractivity contribution in [1.29, 1.82) is 0 Å². The van der Waals surface area contributed by atoms with E-state index in [9.17, 15) is 0 Å². The monoisotopic (exact) mass is 564 g/mol. The normalized spacial score (nSPS) is 15.0. The first-order valence-electron chi connectivity index (χ1n) is 15.0. The van der Waals surface area contributed by atoms with Crippen LogP contribution < -0.4 is 5.32 Å². The Morgan fingerprint density at radius 1 is 0.477 bits per heavy atom. The molecule has 4 nitrogen and oxygen atoms in total. The number of nitrogens with zero attached hydrogens (tertiary/aromatic N) is 3. The van der Waals surface area contributed by atoms with Crippen molar-refractivity contribution in [3.8, 4) is 5.69 Å². The summed E-state index contributed by atoms with van der Waals surface area (Å²) in [7, 11) is 0. The lowest BCUT2D eigenvalue weighted by atomic mass is 10.0. The highest BCUT2D eigenvalue weighted by Gasteiger charge is 2.24. The van der Waals surface area contributed by atoms with E-state index in [1.165, 1.54) is 32.6 Å². The molecule has 1 N–H and O–H groups in total. The fourth-order valence-electron chi connectivity index (χ4n) is 6.78. The first kappa shape index (κ1) is 24.7. The lowest BCUT2D eigenvalue weighted by Gasteiger charge is -2.27. The molecule has 1 aliphatic rings. The van der Waals surface area contributed by atoms with E-state index < -0.39 is 0 Å². The number of aliphatic imine (C=N–C) groups is 1. The molecular weight excluding hydrogens is 536 g/mol. The molecule has 0 fully saturated rings. The molecule has 2 aromatic heterocycles. The van der Waals surface area contributed by atoms with E-state index in [1.54, 1.807) is 0 Å². The van der Waals surface area contributed by atoms with Gasteiger partial charge in [-0.3, -0.25) is 0 Å². The minimum absolute atomic E-state index is 0.346. The predicted octanol–water partition coefficient (Wildman–Crippen LogP) is 9.48. The van der Waals surface area contributed by atoms with E-state index in [2.05, 4.69) is 166 Å². The van der Waals surface area contributed by atoms with E-state index in [0.717, 1.165) is 39.3 Å². The van der Waals surface area contributed by atoms with Gasteiger partial charge in [-0.05, 0) is 47.5 Å². The van der Waals surface area contributed by atoms with Crippen LogP contribution in [0.15, 0.2) is 163 Å². The summed E-state index contributed by atoms with van der Waals surface area (Å²) in [6, 6.07) is 53.8. The van der Waals surface area contributed by atoms with Crippen molar-refractivity contribution >= 4 is 55.0 Å². The van der Waals surface area contributed by atoms with Crippen LogP contribution in [0.3, 0.4) is 0 Å². The highest BCUT2D eigenvalue weighted by Crippen LogP contribution is 2.37. The lowest BCUT2D eigenvalue weighted by molar-refractivity contribution is 0.508. The number of nitrogens with one attached hydrogen (secondary N) is 1. The Hall–Kier alpha value is -5.87. The van der Waals surface area contributed by atoms with Gasteiger partial charge in [0.2, 0.25) is 6.29 Å². The minimum Gasteiger partial charge on any atom is -0.346 e. The van der Waals surface area contributed by atoms with Gasteiger partial charge in [-0.2, -0.15) is 0 Å². The SMILES string of the molecule is C1=C(c2ccccc2)NC(n2c3ccccc3c3ccc(-n4c5ccccc5c5ccccc54)cc32)N=C1c1ccccc1. The molecule has 0 saturated carbocycles. The van der Waals surface area contributed by atoms with Crippen LogP contribution in [-0.4, -0.2) is 14.8 Å². The van der Waals surface area contributed by atoms with Crippen LogP contribution in [0.2, 0.25) is 0 Å². The van der Waals surface area contributed by atoms with Crippen LogP contribution in [0.4, 0.5) is 0 Å². The van der Waals surface area contributed by atoms with Crippen molar-refractivity contribution in [1.82, 2.24) is 14.5 Å². The smallest absolute Gasteiger partial charge is 0.201 e. The average molecular weight is 565 g/mol. The summed E-state index contributed by atoms with van der Waals surface area (Å²) in [6.45, 7) is 0. The predicted molar refractivity (Wildman–Crippen MR) is 183 cm³/mol.